The van der Waals surface area contributed by atoms with E-state index < -0.39 is 11.5 Å². The number of carbonyl (C=O) groups is 1. The van der Waals surface area contributed by atoms with E-state index in [9.17, 15) is 9.90 Å². The summed E-state index contributed by atoms with van der Waals surface area (Å²) < 4.78 is 0. The first-order chi connectivity index (χ1) is 17.6. The van der Waals surface area contributed by atoms with E-state index in [-0.39, 0.29) is 17.6 Å². The van der Waals surface area contributed by atoms with Crippen molar-refractivity contribution in [3.05, 3.63) is 156 Å². The number of aliphatic hydroxyl groups is 1. The summed E-state index contributed by atoms with van der Waals surface area (Å²) in [4.78, 5) is 13.9. The zero-order valence-corrected chi connectivity index (χ0v) is 20.2. The number of rotatable bonds is 7. The second-order valence-corrected chi connectivity index (χ2v) is 9.52. The molecule has 0 radical (unpaired) electrons. The monoisotopic (exact) mass is 470 g/mol. The topological polar surface area (TPSA) is 37.3 Å². The molecule has 0 amide bonds. The normalized spacial score (nSPS) is 23.9. The van der Waals surface area contributed by atoms with Crippen LogP contribution in [0.3, 0.4) is 0 Å². The first kappa shape index (κ1) is 23.7. The maximum absolute atomic E-state index is 13.9. The number of hydrogen-bond donors (Lipinski definition) is 1. The van der Waals surface area contributed by atoms with Crippen LogP contribution in [0.4, 0.5) is 0 Å². The van der Waals surface area contributed by atoms with Gasteiger partial charge >= 0.3 is 0 Å². The van der Waals surface area contributed by atoms with Crippen molar-refractivity contribution in [2.45, 2.75) is 23.9 Å². The van der Waals surface area contributed by atoms with Gasteiger partial charge in [0.2, 0.25) is 0 Å². The highest BCUT2D eigenvalue weighted by molar-refractivity contribution is 5.97. The first-order valence-corrected chi connectivity index (χ1v) is 12.5. The molecule has 1 aliphatic rings. The minimum absolute atomic E-state index is 0.00176. The van der Waals surface area contributed by atoms with Crippen LogP contribution in [0.15, 0.2) is 133 Å². The molecule has 1 N–H and O–H groups in total. The third-order valence-corrected chi connectivity index (χ3v) is 7.20. The van der Waals surface area contributed by atoms with Crippen molar-refractivity contribution < 1.29 is 9.90 Å². The van der Waals surface area contributed by atoms with Crippen LogP contribution in [0.5, 0.6) is 0 Å². The third-order valence-electron chi connectivity index (χ3n) is 7.20. The van der Waals surface area contributed by atoms with E-state index in [1.165, 1.54) is 0 Å². The summed E-state index contributed by atoms with van der Waals surface area (Å²) >= 11 is 0. The molecule has 0 bridgehead atoms. The Balaban J connectivity index is 1.60. The quantitative estimate of drug-likeness (QED) is 0.288. The van der Waals surface area contributed by atoms with Gasteiger partial charge in [0, 0.05) is 5.92 Å². The Morgan fingerprint density at radius 1 is 0.667 bits per heavy atom. The smallest absolute Gasteiger partial charge is 0.162 e. The molecule has 0 saturated heterocycles. The molecule has 1 fully saturated rings. The third kappa shape index (κ3) is 5.15. The van der Waals surface area contributed by atoms with E-state index in [0.717, 1.165) is 22.3 Å². The van der Waals surface area contributed by atoms with Crippen LogP contribution in [0, 0.1) is 5.92 Å². The summed E-state index contributed by atoms with van der Waals surface area (Å²) in [6, 6.07) is 40.2. The maximum atomic E-state index is 13.9. The number of ketones is 1. The summed E-state index contributed by atoms with van der Waals surface area (Å²) in [5, 5.41) is 12.2. The lowest BCUT2D eigenvalue weighted by atomic mass is 9.76. The van der Waals surface area contributed by atoms with Crippen molar-refractivity contribution >= 4 is 17.9 Å². The lowest BCUT2D eigenvalue weighted by Gasteiger charge is -2.29. The highest BCUT2D eigenvalue weighted by atomic mass is 16.3. The molecule has 36 heavy (non-hydrogen) atoms. The van der Waals surface area contributed by atoms with Crippen molar-refractivity contribution in [1.82, 2.24) is 0 Å². The molecule has 1 saturated carbocycles. The number of allylic oxidation sites excluding steroid dienone is 1. The lowest BCUT2D eigenvalue weighted by Crippen LogP contribution is -2.37. The van der Waals surface area contributed by atoms with E-state index in [1.807, 2.05) is 115 Å². The zero-order valence-electron chi connectivity index (χ0n) is 20.2. The Hall–Kier alpha value is -4.01. The van der Waals surface area contributed by atoms with E-state index in [0.29, 0.717) is 6.42 Å². The van der Waals surface area contributed by atoms with Crippen molar-refractivity contribution in [3.63, 3.8) is 0 Å². The molecular formula is C34H30O2. The van der Waals surface area contributed by atoms with Gasteiger partial charge in [-0.1, -0.05) is 140 Å². The van der Waals surface area contributed by atoms with E-state index >= 15 is 0 Å². The Kier molecular flexibility index (Phi) is 7.06. The second-order valence-electron chi connectivity index (χ2n) is 9.52. The van der Waals surface area contributed by atoms with Gasteiger partial charge < -0.3 is 5.11 Å². The second kappa shape index (κ2) is 10.7. The molecular weight excluding hydrogens is 440 g/mol. The largest absolute Gasteiger partial charge is 0.385 e. The molecule has 0 aliphatic heterocycles. The molecule has 4 aromatic carbocycles. The molecule has 1 aliphatic carbocycles. The molecule has 4 atom stereocenters. The first-order valence-electron chi connectivity index (χ1n) is 12.5. The van der Waals surface area contributed by atoms with E-state index in [4.69, 9.17) is 0 Å². The van der Waals surface area contributed by atoms with Gasteiger partial charge in [0.15, 0.2) is 5.78 Å². The fraction of sp³-hybridized carbons (Fsp3) is 0.147. The van der Waals surface area contributed by atoms with E-state index in [1.54, 1.807) is 6.08 Å². The Morgan fingerprint density at radius 2 is 1.14 bits per heavy atom. The van der Waals surface area contributed by atoms with Crippen LogP contribution in [0.1, 0.15) is 40.5 Å². The molecule has 0 spiro atoms. The van der Waals surface area contributed by atoms with Gasteiger partial charge in [0.1, 0.15) is 0 Å². The average molecular weight is 471 g/mol. The van der Waals surface area contributed by atoms with Gasteiger partial charge in [-0.3, -0.25) is 4.79 Å². The van der Waals surface area contributed by atoms with Gasteiger partial charge in [-0.15, -0.1) is 0 Å². The summed E-state index contributed by atoms with van der Waals surface area (Å²) in [5.41, 5.74) is 2.87. The van der Waals surface area contributed by atoms with Gasteiger partial charge in [-0.2, -0.15) is 0 Å². The lowest BCUT2D eigenvalue weighted by molar-refractivity contribution is -0.123. The molecule has 0 heterocycles. The number of benzene rings is 4. The van der Waals surface area contributed by atoms with Crippen LogP contribution in [0.25, 0.3) is 12.2 Å². The molecule has 4 aromatic rings. The standard InChI is InChI=1S/C34H30O2/c35-31(22-21-26-13-5-1-6-14-26)33-32(29-19-11-4-12-20-29)30(28-17-9-3-10-18-28)25-34(33,36)24-23-27-15-7-2-8-16-27/h1-24,30,32-33,36H,25H2/b22-21-,24-23+/t30-,32-,33+,34-/m1/s1. The number of hydrogen-bond acceptors (Lipinski definition) is 2. The molecule has 0 aromatic heterocycles. The molecule has 2 heteroatoms. The van der Waals surface area contributed by atoms with Gasteiger partial charge in [-0.05, 0) is 40.7 Å². The van der Waals surface area contributed by atoms with Crippen molar-refractivity contribution in [2.24, 2.45) is 5.92 Å². The summed E-state index contributed by atoms with van der Waals surface area (Å²) in [5.74, 6) is -0.846. The predicted octanol–water partition coefficient (Wildman–Crippen LogP) is 7.30. The minimum atomic E-state index is -1.30. The zero-order chi connectivity index (χ0) is 24.8. The molecule has 0 unspecified atom stereocenters. The van der Waals surface area contributed by atoms with Crippen LogP contribution < -0.4 is 0 Å². The van der Waals surface area contributed by atoms with E-state index in [2.05, 4.69) is 24.3 Å². The fourth-order valence-corrected chi connectivity index (χ4v) is 5.52. The number of carbonyl (C=O) groups excluding carboxylic acids is 1. The Bertz CT molecular complexity index is 1330. The summed E-state index contributed by atoms with van der Waals surface area (Å²) in [6.45, 7) is 0. The predicted molar refractivity (Wildman–Crippen MR) is 147 cm³/mol. The Labute approximate surface area is 213 Å². The van der Waals surface area contributed by atoms with Crippen LogP contribution in [-0.4, -0.2) is 16.5 Å². The van der Waals surface area contributed by atoms with Crippen molar-refractivity contribution in [2.75, 3.05) is 0 Å². The molecule has 2 nitrogen and oxygen atoms in total. The average Bonchev–Trinajstić information content (AvgIpc) is 3.26. The van der Waals surface area contributed by atoms with Gasteiger partial charge in [0.25, 0.3) is 0 Å². The van der Waals surface area contributed by atoms with Crippen LogP contribution in [0.2, 0.25) is 0 Å². The van der Waals surface area contributed by atoms with Crippen molar-refractivity contribution in [1.29, 1.82) is 0 Å². The summed E-state index contributed by atoms with van der Waals surface area (Å²) in [6.07, 6.45) is 7.75. The van der Waals surface area contributed by atoms with Gasteiger partial charge in [0.05, 0.1) is 11.5 Å². The highest BCUT2D eigenvalue weighted by Gasteiger charge is 2.54. The highest BCUT2D eigenvalue weighted by Crippen LogP contribution is 2.55. The maximum Gasteiger partial charge on any atom is 0.162 e. The fourth-order valence-electron chi connectivity index (χ4n) is 5.52. The van der Waals surface area contributed by atoms with Gasteiger partial charge in [-0.25, -0.2) is 0 Å². The summed E-state index contributed by atoms with van der Waals surface area (Å²) in [7, 11) is 0. The van der Waals surface area contributed by atoms with Crippen LogP contribution >= 0.6 is 0 Å². The van der Waals surface area contributed by atoms with Crippen LogP contribution in [-0.2, 0) is 4.79 Å². The molecule has 5 rings (SSSR count). The Morgan fingerprint density at radius 3 is 1.69 bits per heavy atom. The SMILES string of the molecule is O=C(/C=C\c1ccccc1)[C@H]1[C@H](c2ccccc2)[C@@H](c2ccccc2)C[C@]1(O)/C=C/c1ccccc1. The minimum Gasteiger partial charge on any atom is -0.385 e. The van der Waals surface area contributed by atoms with Crippen molar-refractivity contribution in [3.8, 4) is 0 Å². The molecule has 178 valence electrons.